The molecule has 2 amide bonds. The maximum Gasteiger partial charge on any atom is 0.303 e. The fourth-order valence-corrected chi connectivity index (χ4v) is 11.2. The molecule has 5 aliphatic rings. The average Bonchev–Trinajstić information content (AvgIpc) is 3.74. The van der Waals surface area contributed by atoms with Gasteiger partial charge in [-0.1, -0.05) is 46.1 Å². The molecular formula is C40H52N4O5S. The first-order chi connectivity index (χ1) is 23.7. The van der Waals surface area contributed by atoms with Crippen LogP contribution in [0.4, 0.5) is 0 Å². The van der Waals surface area contributed by atoms with E-state index >= 15 is 0 Å². The Balaban J connectivity index is 1.27. The van der Waals surface area contributed by atoms with E-state index in [0.29, 0.717) is 23.8 Å². The second-order valence-electron chi connectivity index (χ2n) is 17.0. The highest BCUT2D eigenvalue weighted by Gasteiger charge is 2.64. The zero-order chi connectivity index (χ0) is 35.4. The van der Waals surface area contributed by atoms with Crippen LogP contribution >= 0.6 is 0 Å². The Labute approximate surface area is 296 Å². The number of nitrogens with zero attached hydrogens (tertiary/aromatic N) is 2. The molecule has 4 fully saturated rings. The summed E-state index contributed by atoms with van der Waals surface area (Å²) in [5, 5.41) is 4.73. The fraction of sp³-hybridized carbons (Fsp3) is 0.600. The van der Waals surface area contributed by atoms with Crippen molar-refractivity contribution in [3.05, 3.63) is 53.1 Å². The second-order valence-corrected chi connectivity index (χ2v) is 18.9. The number of rotatable bonds is 7. The quantitative estimate of drug-likeness (QED) is 0.273. The van der Waals surface area contributed by atoms with Gasteiger partial charge in [0.1, 0.15) is 5.75 Å². The van der Waals surface area contributed by atoms with Gasteiger partial charge < -0.3 is 14.6 Å². The molecule has 2 heterocycles. The summed E-state index contributed by atoms with van der Waals surface area (Å²) in [6, 6.07) is 12.1. The van der Waals surface area contributed by atoms with E-state index < -0.39 is 21.5 Å². The van der Waals surface area contributed by atoms with Crippen molar-refractivity contribution in [1.29, 1.82) is 0 Å². The minimum absolute atomic E-state index is 0.0453. The van der Waals surface area contributed by atoms with E-state index in [4.69, 9.17) is 4.74 Å². The molecule has 9 nitrogen and oxygen atoms in total. The molecule has 1 aromatic heterocycles. The van der Waals surface area contributed by atoms with Crippen LogP contribution in [0.15, 0.2) is 36.4 Å². The van der Waals surface area contributed by atoms with Crippen molar-refractivity contribution in [2.45, 2.75) is 109 Å². The molecule has 3 aromatic rings. The highest BCUT2D eigenvalue weighted by Crippen LogP contribution is 2.67. The van der Waals surface area contributed by atoms with Crippen LogP contribution in [-0.2, 0) is 21.5 Å². The van der Waals surface area contributed by atoms with Gasteiger partial charge in [-0.2, -0.15) is 12.7 Å². The van der Waals surface area contributed by atoms with E-state index in [9.17, 15) is 18.0 Å². The van der Waals surface area contributed by atoms with E-state index in [1.54, 1.807) is 13.2 Å². The van der Waals surface area contributed by atoms with Gasteiger partial charge >= 0.3 is 10.2 Å². The fourth-order valence-electron chi connectivity index (χ4n) is 10.6. The number of hydrogen-bond acceptors (Lipinski definition) is 5. The van der Waals surface area contributed by atoms with E-state index in [0.717, 1.165) is 76.3 Å². The Hall–Kier alpha value is -3.37. The molecule has 268 valence electrons. The van der Waals surface area contributed by atoms with Gasteiger partial charge in [0.05, 0.1) is 18.2 Å². The summed E-state index contributed by atoms with van der Waals surface area (Å²) >= 11 is 0. The minimum atomic E-state index is -3.97. The summed E-state index contributed by atoms with van der Waals surface area (Å²) in [6.45, 7) is 7.73. The molecule has 5 atom stereocenters. The normalized spacial score (nSPS) is 29.9. The third-order valence-corrected chi connectivity index (χ3v) is 15.6. The van der Waals surface area contributed by atoms with Crippen LogP contribution in [0.2, 0.25) is 0 Å². The summed E-state index contributed by atoms with van der Waals surface area (Å²) in [5.41, 5.74) is 5.71. The number of aromatic nitrogens is 1. The van der Waals surface area contributed by atoms with Crippen LogP contribution in [0.5, 0.6) is 5.75 Å². The highest BCUT2D eigenvalue weighted by molar-refractivity contribution is 7.87. The maximum atomic E-state index is 14.9. The molecule has 0 radical (unpaired) electrons. The Morgan fingerprint density at radius 1 is 0.960 bits per heavy atom. The lowest BCUT2D eigenvalue weighted by molar-refractivity contribution is -0.129. The molecule has 10 heteroatoms. The van der Waals surface area contributed by atoms with Gasteiger partial charge in [0, 0.05) is 54.6 Å². The summed E-state index contributed by atoms with van der Waals surface area (Å²) in [5.74, 6) is 1.10. The zero-order valence-corrected chi connectivity index (χ0v) is 31.2. The summed E-state index contributed by atoms with van der Waals surface area (Å²) in [4.78, 5) is 28.3. The van der Waals surface area contributed by atoms with E-state index in [-0.39, 0.29) is 28.8 Å². The molecular weight excluding hydrogens is 649 g/mol. The van der Waals surface area contributed by atoms with Crippen molar-refractivity contribution < 1.29 is 22.7 Å². The Morgan fingerprint density at radius 2 is 1.70 bits per heavy atom. The lowest BCUT2D eigenvalue weighted by atomic mass is 9.58. The maximum absolute atomic E-state index is 14.9. The smallest absolute Gasteiger partial charge is 0.303 e. The first kappa shape index (κ1) is 33.8. The van der Waals surface area contributed by atoms with E-state index in [2.05, 4.69) is 47.5 Å². The first-order valence-electron chi connectivity index (χ1n) is 18.6. The topological polar surface area (TPSA) is 110 Å². The molecule has 50 heavy (non-hydrogen) atoms. The predicted molar refractivity (Wildman–Crippen MR) is 195 cm³/mol. The first-order valence-corrected chi connectivity index (χ1v) is 20.0. The monoisotopic (exact) mass is 700 g/mol. The van der Waals surface area contributed by atoms with Crippen LogP contribution in [0.3, 0.4) is 0 Å². The van der Waals surface area contributed by atoms with Crippen molar-refractivity contribution in [2.75, 3.05) is 21.2 Å². The van der Waals surface area contributed by atoms with Gasteiger partial charge in [-0.05, 0) is 109 Å². The van der Waals surface area contributed by atoms with Gasteiger partial charge in [0.25, 0.3) is 5.91 Å². The number of fused-ring (bicyclic) bond motifs is 9. The highest BCUT2D eigenvalue weighted by atomic mass is 32.2. The van der Waals surface area contributed by atoms with Gasteiger partial charge in [-0.3, -0.25) is 9.59 Å². The number of carbonyl (C=O) groups excluding carboxylic acids is 2. The number of hydrogen-bond donors (Lipinski definition) is 2. The SMILES string of the molecule is COc1ccc2c(c1)C1C[C@]1(C(=O)N[C@H]1CCC3(C)CCC1C3(C)C)Cn1c-2c(C2CCCCC2)c2ccc(C(=O)NS(=O)(=O)N(C)C)cc21. The predicted octanol–water partition coefficient (Wildman–Crippen LogP) is 7.11. The lowest BCUT2D eigenvalue weighted by Crippen LogP contribution is -2.53. The number of amides is 2. The van der Waals surface area contributed by atoms with E-state index in [1.807, 2.05) is 18.2 Å². The van der Waals surface area contributed by atoms with Crippen LogP contribution in [-0.4, -0.2) is 56.4 Å². The van der Waals surface area contributed by atoms with Crippen molar-refractivity contribution in [2.24, 2.45) is 22.2 Å². The third-order valence-electron chi connectivity index (χ3n) is 14.2. The van der Waals surface area contributed by atoms with Crippen LogP contribution in [0.1, 0.15) is 118 Å². The summed E-state index contributed by atoms with van der Waals surface area (Å²) < 4.78 is 36.5. The molecule has 3 unspecified atom stereocenters. The van der Waals surface area contributed by atoms with Crippen molar-refractivity contribution in [1.82, 2.24) is 18.9 Å². The Kier molecular flexibility index (Phi) is 7.81. The standard InChI is InChI=1S/C40H52N4O5S/c1-38(2)30-16-18-39(38,3)19-17-32(30)41-37(46)40-22-31(40)29-21-26(49-6)13-15-27(29)35-34(24-10-8-7-9-11-24)28-14-12-25(20-33(28)44(35)23-40)36(45)42-50(47,48)43(4)5/h12-15,20-21,24,30-32H,7-11,16-19,22-23H2,1-6H3,(H,41,46)(H,42,45)/t30?,31?,32-,39?,40-/m0/s1. The second kappa shape index (κ2) is 11.6. The molecule has 1 aliphatic heterocycles. The van der Waals surface area contributed by atoms with Gasteiger partial charge in [0.2, 0.25) is 5.91 Å². The summed E-state index contributed by atoms with van der Waals surface area (Å²) in [6.07, 6.45) is 11.0. The largest absolute Gasteiger partial charge is 0.497 e. The van der Waals surface area contributed by atoms with Crippen molar-refractivity contribution in [3.8, 4) is 17.0 Å². The Bertz CT molecular complexity index is 2010. The van der Waals surface area contributed by atoms with Crippen molar-refractivity contribution in [3.63, 3.8) is 0 Å². The van der Waals surface area contributed by atoms with E-state index in [1.165, 1.54) is 45.3 Å². The van der Waals surface area contributed by atoms with Crippen LogP contribution < -0.4 is 14.8 Å². The number of nitrogens with one attached hydrogen (secondary N) is 2. The zero-order valence-electron chi connectivity index (χ0n) is 30.4. The average molecular weight is 701 g/mol. The number of methoxy groups -OCH3 is 1. The molecule has 4 saturated carbocycles. The molecule has 0 saturated heterocycles. The molecule has 0 spiro atoms. The van der Waals surface area contributed by atoms with Gasteiger partial charge in [-0.25, -0.2) is 4.72 Å². The molecule has 2 bridgehead atoms. The van der Waals surface area contributed by atoms with Crippen LogP contribution in [0, 0.1) is 22.2 Å². The van der Waals surface area contributed by atoms with Crippen molar-refractivity contribution >= 4 is 32.9 Å². The number of carbonyl (C=O) groups is 2. The van der Waals surface area contributed by atoms with Gasteiger partial charge in [-0.15, -0.1) is 0 Å². The molecule has 2 aromatic carbocycles. The third kappa shape index (κ3) is 4.98. The summed E-state index contributed by atoms with van der Waals surface area (Å²) in [7, 11) is 0.509. The van der Waals surface area contributed by atoms with Crippen LogP contribution in [0.25, 0.3) is 22.2 Å². The number of ether oxygens (including phenoxy) is 1. The molecule has 4 aliphatic carbocycles. The minimum Gasteiger partial charge on any atom is -0.497 e. The lowest BCUT2D eigenvalue weighted by Gasteiger charge is -2.49. The van der Waals surface area contributed by atoms with Gasteiger partial charge in [0.15, 0.2) is 0 Å². The Morgan fingerprint density at radius 3 is 2.42 bits per heavy atom. The number of benzene rings is 2. The molecule has 8 rings (SSSR count). The molecule has 2 N–H and O–H groups in total.